The van der Waals surface area contributed by atoms with E-state index in [2.05, 4.69) is 15.1 Å². The number of nitrogens with zero attached hydrogens (tertiary/aromatic N) is 5. The van der Waals surface area contributed by atoms with Crippen molar-refractivity contribution in [1.82, 2.24) is 19.7 Å². The van der Waals surface area contributed by atoms with Crippen molar-refractivity contribution in [2.45, 2.75) is 55.5 Å². The van der Waals surface area contributed by atoms with Crippen LogP contribution in [0.2, 0.25) is 0 Å². The summed E-state index contributed by atoms with van der Waals surface area (Å²) in [5, 5.41) is 15.4. The Morgan fingerprint density at radius 1 is 1.06 bits per heavy atom. The summed E-state index contributed by atoms with van der Waals surface area (Å²) in [6.45, 7) is 3.36. The maximum atomic E-state index is 11.9. The van der Waals surface area contributed by atoms with Crippen LogP contribution in [-0.4, -0.2) is 75.1 Å². The lowest BCUT2D eigenvalue weighted by molar-refractivity contribution is -0.166. The van der Waals surface area contributed by atoms with Gasteiger partial charge in [0.2, 0.25) is 0 Å². The first-order chi connectivity index (χ1) is 15.7. The van der Waals surface area contributed by atoms with Crippen molar-refractivity contribution in [3.8, 4) is 6.07 Å². The summed E-state index contributed by atoms with van der Waals surface area (Å²) in [5.74, 6) is -1.86. The summed E-state index contributed by atoms with van der Waals surface area (Å²) in [5.41, 5.74) is 0.340. The number of thioether (sulfide) groups is 2. The number of rotatable bonds is 7. The van der Waals surface area contributed by atoms with Crippen molar-refractivity contribution in [3.05, 3.63) is 5.69 Å². The number of esters is 3. The summed E-state index contributed by atoms with van der Waals surface area (Å²) in [6.07, 6.45) is -0.711. The van der Waals surface area contributed by atoms with Crippen molar-refractivity contribution < 1.29 is 33.3 Å². The highest BCUT2D eigenvalue weighted by Crippen LogP contribution is 2.38. The van der Waals surface area contributed by atoms with E-state index in [0.717, 1.165) is 0 Å². The van der Waals surface area contributed by atoms with Crippen molar-refractivity contribution >= 4 is 52.5 Å². The molecule has 1 aliphatic heterocycles. The Labute approximate surface area is 197 Å². The first-order valence-electron chi connectivity index (χ1n) is 9.61. The summed E-state index contributed by atoms with van der Waals surface area (Å²) >= 11 is 2.62. The number of nitriles is 1. The van der Waals surface area contributed by atoms with Crippen molar-refractivity contribution in [1.29, 1.82) is 5.26 Å². The molecule has 0 amide bonds. The van der Waals surface area contributed by atoms with Gasteiger partial charge in [0.05, 0.1) is 5.39 Å². The number of ether oxygens (including phenoxy) is 4. The number of aromatic nitrogens is 4. The molecule has 0 aliphatic carbocycles. The second-order valence-corrected chi connectivity index (χ2v) is 8.41. The van der Waals surface area contributed by atoms with Gasteiger partial charge in [0.1, 0.15) is 23.8 Å². The van der Waals surface area contributed by atoms with Crippen LogP contribution in [0, 0.1) is 11.3 Å². The van der Waals surface area contributed by atoms with E-state index >= 15 is 0 Å². The van der Waals surface area contributed by atoms with E-state index in [9.17, 15) is 19.6 Å². The molecular formula is C19H21N5O7S2. The third-order valence-electron chi connectivity index (χ3n) is 4.56. The highest BCUT2D eigenvalue weighted by molar-refractivity contribution is 7.99. The van der Waals surface area contributed by atoms with E-state index < -0.39 is 42.4 Å². The normalized spacial score (nSPS) is 22.1. The van der Waals surface area contributed by atoms with Gasteiger partial charge in [0, 0.05) is 20.8 Å². The zero-order chi connectivity index (χ0) is 24.3. The Hall–Kier alpha value is -2.89. The van der Waals surface area contributed by atoms with E-state index in [1.807, 2.05) is 12.3 Å². The lowest BCUT2D eigenvalue weighted by Gasteiger charge is -2.23. The van der Waals surface area contributed by atoms with Gasteiger partial charge >= 0.3 is 17.9 Å². The molecule has 1 aliphatic rings. The SMILES string of the molecule is CSc1nc(SC)c2c(C#N)nn([C@H]3O[C@H](COC(C)=O)[C@@H](OC(C)=O)[C@H]3OC(C)=O)c2n1. The summed E-state index contributed by atoms with van der Waals surface area (Å²) in [4.78, 5) is 43.9. The average Bonchev–Trinajstić information content (AvgIpc) is 3.29. The summed E-state index contributed by atoms with van der Waals surface area (Å²) < 4.78 is 23.2. The molecule has 0 radical (unpaired) electrons. The molecule has 0 unspecified atom stereocenters. The Bertz CT molecular complexity index is 1130. The molecule has 0 saturated carbocycles. The first kappa shape index (κ1) is 24.7. The minimum atomic E-state index is -1.15. The molecule has 0 N–H and O–H groups in total. The maximum Gasteiger partial charge on any atom is 0.303 e. The van der Waals surface area contributed by atoms with Crippen LogP contribution in [0.15, 0.2) is 10.2 Å². The molecule has 3 rings (SSSR count). The largest absolute Gasteiger partial charge is 0.463 e. The third-order valence-corrected chi connectivity index (χ3v) is 5.79. The Morgan fingerprint density at radius 3 is 2.27 bits per heavy atom. The Balaban J connectivity index is 2.17. The smallest absolute Gasteiger partial charge is 0.303 e. The van der Waals surface area contributed by atoms with Crippen LogP contribution in [-0.2, 0) is 33.3 Å². The molecule has 0 bridgehead atoms. The number of carbonyl (C=O) groups is 3. The molecule has 33 heavy (non-hydrogen) atoms. The van der Waals surface area contributed by atoms with E-state index in [1.165, 1.54) is 49.0 Å². The zero-order valence-corrected chi connectivity index (χ0v) is 20.1. The monoisotopic (exact) mass is 495 g/mol. The Morgan fingerprint density at radius 2 is 1.73 bits per heavy atom. The molecular weight excluding hydrogens is 474 g/mol. The predicted octanol–water partition coefficient (Wildman–Crippen LogP) is 1.47. The van der Waals surface area contributed by atoms with Gasteiger partial charge in [-0.05, 0) is 12.5 Å². The molecule has 12 nitrogen and oxygen atoms in total. The van der Waals surface area contributed by atoms with Gasteiger partial charge in [-0.1, -0.05) is 11.8 Å². The van der Waals surface area contributed by atoms with Crippen LogP contribution in [0.3, 0.4) is 0 Å². The van der Waals surface area contributed by atoms with Gasteiger partial charge in [-0.3, -0.25) is 14.4 Å². The zero-order valence-electron chi connectivity index (χ0n) is 18.4. The Kier molecular flexibility index (Phi) is 7.77. The molecule has 14 heteroatoms. The number of hydrogen-bond acceptors (Lipinski definition) is 13. The standard InChI is InChI=1S/C19H21N5O7S2/c1-8(25)28-7-12-14(29-9(2)26)15(30-10(3)27)18(31-12)24-16-13(11(6-20)23-24)17(32-4)22-19(21-16)33-5/h12,14-15,18H,7H2,1-5H3/t12-,14-,15-,18+/m1/s1. The van der Waals surface area contributed by atoms with Crippen LogP contribution < -0.4 is 0 Å². The topological polar surface area (TPSA) is 156 Å². The van der Waals surface area contributed by atoms with Gasteiger partial charge in [0.15, 0.2) is 34.9 Å². The molecule has 0 spiro atoms. The van der Waals surface area contributed by atoms with Crippen LogP contribution >= 0.6 is 23.5 Å². The minimum absolute atomic E-state index is 0.0552. The van der Waals surface area contributed by atoms with E-state index in [1.54, 1.807) is 6.26 Å². The van der Waals surface area contributed by atoms with Crippen molar-refractivity contribution in [2.75, 3.05) is 19.1 Å². The lowest BCUT2D eigenvalue weighted by atomic mass is 10.1. The van der Waals surface area contributed by atoms with E-state index in [0.29, 0.717) is 15.6 Å². The third kappa shape index (κ3) is 5.21. The average molecular weight is 496 g/mol. The number of hydrogen-bond donors (Lipinski definition) is 0. The summed E-state index contributed by atoms with van der Waals surface area (Å²) in [6, 6.07) is 2.03. The fraction of sp³-hybridized carbons (Fsp3) is 0.526. The molecule has 4 atom stereocenters. The van der Waals surface area contributed by atoms with Gasteiger partial charge in [-0.15, -0.1) is 11.8 Å². The van der Waals surface area contributed by atoms with Crippen molar-refractivity contribution in [2.24, 2.45) is 0 Å². The highest BCUT2D eigenvalue weighted by Gasteiger charge is 2.51. The molecule has 1 saturated heterocycles. The molecule has 3 heterocycles. The molecule has 2 aromatic heterocycles. The fourth-order valence-corrected chi connectivity index (χ4v) is 4.36. The van der Waals surface area contributed by atoms with Crippen LogP contribution in [0.1, 0.15) is 32.7 Å². The minimum Gasteiger partial charge on any atom is -0.463 e. The van der Waals surface area contributed by atoms with Gasteiger partial charge < -0.3 is 18.9 Å². The van der Waals surface area contributed by atoms with E-state index in [4.69, 9.17) is 18.9 Å². The molecule has 1 fully saturated rings. The number of carbonyl (C=O) groups excluding carboxylic acids is 3. The van der Waals surface area contributed by atoms with E-state index in [-0.39, 0.29) is 17.9 Å². The fourth-order valence-electron chi connectivity index (χ4n) is 3.37. The van der Waals surface area contributed by atoms with Crippen LogP contribution in [0.4, 0.5) is 0 Å². The van der Waals surface area contributed by atoms with Crippen LogP contribution in [0.5, 0.6) is 0 Å². The molecule has 0 aromatic carbocycles. The highest BCUT2D eigenvalue weighted by atomic mass is 32.2. The maximum absolute atomic E-state index is 11.9. The van der Waals surface area contributed by atoms with Crippen LogP contribution in [0.25, 0.3) is 11.0 Å². The molecule has 2 aromatic rings. The molecule has 176 valence electrons. The predicted molar refractivity (Wildman–Crippen MR) is 115 cm³/mol. The lowest BCUT2D eigenvalue weighted by Crippen LogP contribution is -2.40. The summed E-state index contributed by atoms with van der Waals surface area (Å²) in [7, 11) is 0. The second kappa shape index (κ2) is 10.4. The first-order valence-corrected chi connectivity index (χ1v) is 12.1. The van der Waals surface area contributed by atoms with Gasteiger partial charge in [-0.2, -0.15) is 10.4 Å². The quantitative estimate of drug-likeness (QED) is 0.179. The second-order valence-electron chi connectivity index (χ2n) is 6.84. The van der Waals surface area contributed by atoms with Gasteiger partial charge in [-0.25, -0.2) is 14.6 Å². The number of fused-ring (bicyclic) bond motifs is 1. The van der Waals surface area contributed by atoms with Crippen molar-refractivity contribution in [3.63, 3.8) is 0 Å². The van der Waals surface area contributed by atoms with Gasteiger partial charge in [0.25, 0.3) is 0 Å².